The van der Waals surface area contributed by atoms with E-state index in [1.54, 1.807) is 6.07 Å². The van der Waals surface area contributed by atoms with Crippen molar-refractivity contribution in [1.29, 1.82) is 0 Å². The number of rotatable bonds is 2. The van der Waals surface area contributed by atoms with Crippen LogP contribution in [0.4, 0.5) is 14.5 Å². The Morgan fingerprint density at radius 2 is 1.86 bits per heavy atom. The molecule has 1 aliphatic heterocycles. The summed E-state index contributed by atoms with van der Waals surface area (Å²) in [5.41, 5.74) is 1.00. The van der Waals surface area contributed by atoms with Crippen LogP contribution in [0.15, 0.2) is 36.4 Å². The molecule has 3 rings (SSSR count). The number of carbonyl (C=O) groups excluding carboxylic acids is 1. The summed E-state index contributed by atoms with van der Waals surface area (Å²) in [7, 11) is 0. The molecule has 108 valence electrons. The standard InChI is InChI=1S/C15H10F2INO2/c16-10-3-9(4-11(17)5-10)7-19-13-2-1-12(18)6-14(13)21-8-15(19)20/h1-6H,7-8H2. The summed E-state index contributed by atoms with van der Waals surface area (Å²) in [6.45, 7) is 0.0232. The van der Waals surface area contributed by atoms with Crippen LogP contribution in [-0.4, -0.2) is 12.5 Å². The Balaban J connectivity index is 1.96. The highest BCUT2D eigenvalue weighted by Crippen LogP contribution is 2.34. The number of benzene rings is 2. The first-order valence-corrected chi connectivity index (χ1v) is 7.28. The number of hydrogen-bond acceptors (Lipinski definition) is 2. The quantitative estimate of drug-likeness (QED) is 0.722. The van der Waals surface area contributed by atoms with Gasteiger partial charge in [-0.1, -0.05) is 0 Å². The van der Waals surface area contributed by atoms with Crippen molar-refractivity contribution < 1.29 is 18.3 Å². The van der Waals surface area contributed by atoms with E-state index in [0.29, 0.717) is 17.0 Å². The normalized spacial score (nSPS) is 13.9. The van der Waals surface area contributed by atoms with E-state index in [-0.39, 0.29) is 19.1 Å². The maximum absolute atomic E-state index is 13.3. The molecule has 0 saturated heterocycles. The maximum atomic E-state index is 13.3. The zero-order valence-electron chi connectivity index (χ0n) is 10.8. The third-order valence-corrected chi connectivity index (χ3v) is 3.80. The molecule has 0 spiro atoms. The minimum atomic E-state index is -0.659. The maximum Gasteiger partial charge on any atom is 0.265 e. The number of halogens is 3. The van der Waals surface area contributed by atoms with Crippen molar-refractivity contribution in [3.05, 3.63) is 57.2 Å². The molecule has 0 fully saturated rings. The highest BCUT2D eigenvalue weighted by Gasteiger charge is 2.25. The molecule has 0 atom stereocenters. The van der Waals surface area contributed by atoms with Gasteiger partial charge in [-0.05, 0) is 58.5 Å². The summed E-state index contributed by atoms with van der Waals surface area (Å²) in [6.07, 6.45) is 0. The zero-order valence-corrected chi connectivity index (χ0v) is 12.9. The lowest BCUT2D eigenvalue weighted by Gasteiger charge is -2.29. The zero-order chi connectivity index (χ0) is 15.0. The number of hydrogen-bond donors (Lipinski definition) is 0. The van der Waals surface area contributed by atoms with Gasteiger partial charge in [0.05, 0.1) is 12.2 Å². The largest absolute Gasteiger partial charge is 0.482 e. The van der Waals surface area contributed by atoms with Gasteiger partial charge in [-0.3, -0.25) is 4.79 Å². The van der Waals surface area contributed by atoms with E-state index in [0.717, 1.165) is 9.64 Å². The van der Waals surface area contributed by atoms with Crippen molar-refractivity contribution >= 4 is 34.2 Å². The third kappa shape index (κ3) is 2.99. The van der Waals surface area contributed by atoms with Gasteiger partial charge in [0, 0.05) is 9.64 Å². The first-order valence-electron chi connectivity index (χ1n) is 6.20. The van der Waals surface area contributed by atoms with Gasteiger partial charge in [0.2, 0.25) is 0 Å². The number of fused-ring (bicyclic) bond motifs is 1. The van der Waals surface area contributed by atoms with Crippen LogP contribution in [-0.2, 0) is 11.3 Å². The van der Waals surface area contributed by atoms with Crippen LogP contribution in [0, 0.1) is 15.2 Å². The summed E-state index contributed by atoms with van der Waals surface area (Å²) in [4.78, 5) is 13.5. The van der Waals surface area contributed by atoms with Gasteiger partial charge in [-0.15, -0.1) is 0 Å². The molecule has 0 saturated carbocycles. The van der Waals surface area contributed by atoms with Crippen LogP contribution in [0.25, 0.3) is 0 Å². The molecular formula is C15H10F2INO2. The highest BCUT2D eigenvalue weighted by molar-refractivity contribution is 14.1. The van der Waals surface area contributed by atoms with Crippen LogP contribution in [0.5, 0.6) is 5.75 Å². The minimum Gasteiger partial charge on any atom is -0.482 e. The topological polar surface area (TPSA) is 29.5 Å². The Morgan fingerprint density at radius 1 is 1.14 bits per heavy atom. The predicted octanol–water partition coefficient (Wildman–Crippen LogP) is 3.50. The fourth-order valence-corrected chi connectivity index (χ4v) is 2.70. The Bertz CT molecular complexity index is 701. The van der Waals surface area contributed by atoms with E-state index in [4.69, 9.17) is 4.74 Å². The molecule has 1 amide bonds. The number of nitrogens with zero attached hydrogens (tertiary/aromatic N) is 1. The molecule has 1 aliphatic rings. The Hall–Kier alpha value is -1.70. The molecule has 21 heavy (non-hydrogen) atoms. The van der Waals surface area contributed by atoms with Crippen molar-refractivity contribution in [2.75, 3.05) is 11.5 Å². The van der Waals surface area contributed by atoms with E-state index >= 15 is 0 Å². The third-order valence-electron chi connectivity index (χ3n) is 3.13. The Morgan fingerprint density at radius 3 is 2.57 bits per heavy atom. The van der Waals surface area contributed by atoms with Crippen LogP contribution >= 0.6 is 22.6 Å². The fourth-order valence-electron chi connectivity index (χ4n) is 2.24. The first-order chi connectivity index (χ1) is 10.0. The highest BCUT2D eigenvalue weighted by atomic mass is 127. The second kappa shape index (κ2) is 5.59. The Labute approximate surface area is 133 Å². The summed E-state index contributed by atoms with van der Waals surface area (Å²) in [6, 6.07) is 8.68. The average molecular weight is 401 g/mol. The van der Waals surface area contributed by atoms with Gasteiger partial charge < -0.3 is 9.64 Å². The first kappa shape index (κ1) is 14.2. The monoisotopic (exact) mass is 401 g/mol. The number of carbonyl (C=O) groups is 1. The van der Waals surface area contributed by atoms with E-state index in [1.807, 2.05) is 12.1 Å². The summed E-state index contributed by atoms with van der Waals surface area (Å²) in [5.74, 6) is -0.964. The molecular weight excluding hydrogens is 391 g/mol. The van der Waals surface area contributed by atoms with Gasteiger partial charge in [-0.25, -0.2) is 8.78 Å². The van der Waals surface area contributed by atoms with Crippen molar-refractivity contribution in [2.24, 2.45) is 0 Å². The lowest BCUT2D eigenvalue weighted by Crippen LogP contribution is -2.38. The second-order valence-corrected chi connectivity index (χ2v) is 5.90. The molecule has 2 aromatic rings. The van der Waals surface area contributed by atoms with E-state index in [1.165, 1.54) is 17.0 Å². The lowest BCUT2D eigenvalue weighted by atomic mass is 10.1. The molecule has 3 nitrogen and oxygen atoms in total. The molecule has 0 aromatic heterocycles. The van der Waals surface area contributed by atoms with Gasteiger partial charge >= 0.3 is 0 Å². The molecule has 1 heterocycles. The van der Waals surface area contributed by atoms with E-state index < -0.39 is 11.6 Å². The average Bonchev–Trinajstić information content (AvgIpc) is 2.41. The van der Waals surface area contributed by atoms with Crippen LogP contribution in [0.3, 0.4) is 0 Å². The molecule has 0 bridgehead atoms. The lowest BCUT2D eigenvalue weighted by molar-refractivity contribution is -0.121. The molecule has 6 heteroatoms. The van der Waals surface area contributed by atoms with E-state index in [9.17, 15) is 13.6 Å². The van der Waals surface area contributed by atoms with Crippen LogP contribution in [0.1, 0.15) is 5.56 Å². The van der Waals surface area contributed by atoms with Crippen molar-refractivity contribution in [3.8, 4) is 5.75 Å². The van der Waals surface area contributed by atoms with Gasteiger partial charge in [0.1, 0.15) is 17.4 Å². The molecule has 0 aliphatic carbocycles. The molecule has 2 aromatic carbocycles. The minimum absolute atomic E-state index is 0.0785. The van der Waals surface area contributed by atoms with E-state index in [2.05, 4.69) is 22.6 Å². The molecule has 0 radical (unpaired) electrons. The van der Waals surface area contributed by atoms with Gasteiger partial charge in [0.25, 0.3) is 5.91 Å². The molecule has 0 N–H and O–H groups in total. The second-order valence-electron chi connectivity index (χ2n) is 4.66. The molecule has 0 unspecified atom stereocenters. The predicted molar refractivity (Wildman–Crippen MR) is 82.2 cm³/mol. The number of amides is 1. The summed E-state index contributed by atoms with van der Waals surface area (Å²) >= 11 is 2.15. The van der Waals surface area contributed by atoms with Crippen molar-refractivity contribution in [3.63, 3.8) is 0 Å². The van der Waals surface area contributed by atoms with Crippen molar-refractivity contribution in [1.82, 2.24) is 0 Å². The Kier molecular flexibility index (Phi) is 3.79. The van der Waals surface area contributed by atoms with Gasteiger partial charge in [0.15, 0.2) is 6.61 Å². The van der Waals surface area contributed by atoms with Crippen LogP contribution in [0.2, 0.25) is 0 Å². The van der Waals surface area contributed by atoms with Crippen LogP contribution < -0.4 is 9.64 Å². The van der Waals surface area contributed by atoms with Crippen molar-refractivity contribution in [2.45, 2.75) is 6.54 Å². The fraction of sp³-hybridized carbons (Fsp3) is 0.133. The summed E-state index contributed by atoms with van der Waals surface area (Å²) < 4.78 is 32.9. The smallest absolute Gasteiger partial charge is 0.265 e. The number of anilines is 1. The van der Waals surface area contributed by atoms with Gasteiger partial charge in [-0.2, -0.15) is 0 Å². The SMILES string of the molecule is O=C1COc2cc(I)ccc2N1Cc1cc(F)cc(F)c1. The number of ether oxygens (including phenoxy) is 1. The summed E-state index contributed by atoms with van der Waals surface area (Å²) in [5, 5.41) is 0.